The van der Waals surface area contributed by atoms with Gasteiger partial charge in [0.15, 0.2) is 11.5 Å². The third kappa shape index (κ3) is 5.13. The van der Waals surface area contributed by atoms with Crippen molar-refractivity contribution in [2.75, 3.05) is 20.8 Å². The Hall–Kier alpha value is -2.24. The molecule has 0 aliphatic carbocycles. The number of hydrogen-bond donors (Lipinski definition) is 2. The van der Waals surface area contributed by atoms with E-state index in [1.807, 2.05) is 30.3 Å². The molecule has 26 heavy (non-hydrogen) atoms. The number of amides is 1. The molecule has 0 saturated carbocycles. The predicted octanol–water partition coefficient (Wildman–Crippen LogP) is 3.29. The molecule has 6 heteroatoms. The number of benzene rings is 2. The fraction of sp³-hybridized carbons (Fsp3) is 0.350. The SMILES string of the molecule is COc1ccc(C(C)(C)CNC(=O)c2ccc(CN)cc2)cc1OC.Cl. The summed E-state index contributed by atoms with van der Waals surface area (Å²) in [5.41, 5.74) is 8.01. The largest absolute Gasteiger partial charge is 0.493 e. The summed E-state index contributed by atoms with van der Waals surface area (Å²) in [4.78, 5) is 12.4. The molecule has 5 nitrogen and oxygen atoms in total. The Balaban J connectivity index is 0.00000338. The lowest BCUT2D eigenvalue weighted by Gasteiger charge is -2.26. The summed E-state index contributed by atoms with van der Waals surface area (Å²) < 4.78 is 10.6. The number of halogens is 1. The van der Waals surface area contributed by atoms with Gasteiger partial charge in [0.2, 0.25) is 0 Å². The Morgan fingerprint density at radius 3 is 2.19 bits per heavy atom. The minimum absolute atomic E-state index is 0. The van der Waals surface area contributed by atoms with Gasteiger partial charge in [0, 0.05) is 24.1 Å². The van der Waals surface area contributed by atoms with Gasteiger partial charge < -0.3 is 20.5 Å². The first-order chi connectivity index (χ1) is 11.9. The highest BCUT2D eigenvalue weighted by Gasteiger charge is 2.23. The molecule has 0 atom stereocenters. The number of carbonyl (C=O) groups excluding carboxylic acids is 1. The van der Waals surface area contributed by atoms with E-state index in [0.29, 0.717) is 30.2 Å². The van der Waals surface area contributed by atoms with Crippen LogP contribution in [0.25, 0.3) is 0 Å². The number of nitrogens with two attached hydrogens (primary N) is 1. The highest BCUT2D eigenvalue weighted by molar-refractivity contribution is 5.94. The molecular weight excluding hydrogens is 352 g/mol. The Bertz CT molecular complexity index is 730. The van der Waals surface area contributed by atoms with Crippen LogP contribution in [-0.2, 0) is 12.0 Å². The van der Waals surface area contributed by atoms with E-state index in [9.17, 15) is 4.79 Å². The third-order valence-corrected chi connectivity index (χ3v) is 4.31. The fourth-order valence-corrected chi connectivity index (χ4v) is 2.55. The second-order valence-electron chi connectivity index (χ2n) is 6.54. The maximum absolute atomic E-state index is 12.4. The van der Waals surface area contributed by atoms with Gasteiger partial charge in [-0.3, -0.25) is 4.79 Å². The molecule has 2 aromatic rings. The Labute approximate surface area is 161 Å². The minimum atomic E-state index is -0.258. The Morgan fingerprint density at radius 1 is 1.04 bits per heavy atom. The summed E-state index contributed by atoms with van der Waals surface area (Å²) in [6.45, 7) is 5.12. The first-order valence-electron chi connectivity index (χ1n) is 8.21. The van der Waals surface area contributed by atoms with Crippen molar-refractivity contribution in [3.63, 3.8) is 0 Å². The molecule has 1 amide bonds. The van der Waals surface area contributed by atoms with Crippen molar-refractivity contribution in [1.29, 1.82) is 0 Å². The van der Waals surface area contributed by atoms with Crippen molar-refractivity contribution in [3.05, 3.63) is 59.2 Å². The van der Waals surface area contributed by atoms with Crippen LogP contribution in [-0.4, -0.2) is 26.7 Å². The second-order valence-corrected chi connectivity index (χ2v) is 6.54. The van der Waals surface area contributed by atoms with Crippen LogP contribution in [0.4, 0.5) is 0 Å². The molecule has 0 saturated heterocycles. The number of methoxy groups -OCH3 is 2. The van der Waals surface area contributed by atoms with Gasteiger partial charge in [-0.25, -0.2) is 0 Å². The first kappa shape index (κ1) is 21.8. The molecule has 0 aliphatic rings. The number of hydrogen-bond acceptors (Lipinski definition) is 4. The first-order valence-corrected chi connectivity index (χ1v) is 8.21. The van der Waals surface area contributed by atoms with Crippen LogP contribution in [0, 0.1) is 0 Å². The maximum Gasteiger partial charge on any atom is 0.251 e. The van der Waals surface area contributed by atoms with E-state index in [-0.39, 0.29) is 23.7 Å². The zero-order valence-corrected chi connectivity index (χ0v) is 16.5. The molecule has 2 aromatic carbocycles. The standard InChI is InChI=1S/C20H26N2O3.ClH/c1-20(2,16-9-10-17(24-3)18(11-16)25-4)13-22-19(23)15-7-5-14(12-21)6-8-15;/h5-11H,12-13,21H2,1-4H3,(H,22,23);1H. The monoisotopic (exact) mass is 378 g/mol. The maximum atomic E-state index is 12.4. The summed E-state index contributed by atoms with van der Waals surface area (Å²) in [7, 11) is 3.22. The molecular formula is C20H27ClN2O3. The lowest BCUT2D eigenvalue weighted by Crippen LogP contribution is -2.36. The van der Waals surface area contributed by atoms with Gasteiger partial charge in [0.1, 0.15) is 0 Å². The predicted molar refractivity (Wildman–Crippen MR) is 106 cm³/mol. The average molecular weight is 379 g/mol. The fourth-order valence-electron chi connectivity index (χ4n) is 2.55. The molecule has 3 N–H and O–H groups in total. The lowest BCUT2D eigenvalue weighted by molar-refractivity contribution is 0.0945. The van der Waals surface area contributed by atoms with Gasteiger partial charge in [-0.1, -0.05) is 32.0 Å². The molecule has 0 unspecified atom stereocenters. The third-order valence-electron chi connectivity index (χ3n) is 4.31. The van der Waals surface area contributed by atoms with Gasteiger partial charge in [0.05, 0.1) is 14.2 Å². The van der Waals surface area contributed by atoms with Crippen LogP contribution in [0.15, 0.2) is 42.5 Å². The Morgan fingerprint density at radius 2 is 1.65 bits per heavy atom. The van der Waals surface area contributed by atoms with Gasteiger partial charge in [-0.05, 0) is 35.4 Å². The summed E-state index contributed by atoms with van der Waals surface area (Å²) in [6, 6.07) is 13.1. The molecule has 0 fully saturated rings. The molecule has 0 heterocycles. The number of nitrogens with one attached hydrogen (secondary N) is 1. The number of ether oxygens (including phenoxy) is 2. The summed E-state index contributed by atoms with van der Waals surface area (Å²) in [5.74, 6) is 1.26. The van der Waals surface area contributed by atoms with Crippen molar-refractivity contribution in [3.8, 4) is 11.5 Å². The number of carbonyl (C=O) groups is 1. The van der Waals surface area contributed by atoms with E-state index in [1.54, 1.807) is 26.4 Å². The lowest BCUT2D eigenvalue weighted by atomic mass is 9.84. The second kappa shape index (κ2) is 9.46. The van der Waals surface area contributed by atoms with E-state index in [4.69, 9.17) is 15.2 Å². The van der Waals surface area contributed by atoms with E-state index < -0.39 is 0 Å². The van der Waals surface area contributed by atoms with Crippen molar-refractivity contribution in [1.82, 2.24) is 5.32 Å². The minimum Gasteiger partial charge on any atom is -0.493 e. The van der Waals surface area contributed by atoms with Crippen LogP contribution >= 0.6 is 12.4 Å². The molecule has 0 bridgehead atoms. The highest BCUT2D eigenvalue weighted by Crippen LogP contribution is 2.32. The molecule has 2 rings (SSSR count). The zero-order valence-electron chi connectivity index (χ0n) is 15.7. The molecule has 0 aliphatic heterocycles. The molecule has 0 spiro atoms. The van der Waals surface area contributed by atoms with E-state index >= 15 is 0 Å². The van der Waals surface area contributed by atoms with Crippen LogP contribution in [0.2, 0.25) is 0 Å². The van der Waals surface area contributed by atoms with Crippen molar-refractivity contribution in [2.45, 2.75) is 25.8 Å². The molecule has 0 aromatic heterocycles. The van der Waals surface area contributed by atoms with Gasteiger partial charge >= 0.3 is 0 Å². The summed E-state index contributed by atoms with van der Waals surface area (Å²) in [5, 5.41) is 3.00. The van der Waals surface area contributed by atoms with E-state index in [2.05, 4.69) is 19.2 Å². The molecule has 142 valence electrons. The number of rotatable bonds is 7. The van der Waals surface area contributed by atoms with Crippen LogP contribution in [0.3, 0.4) is 0 Å². The zero-order chi connectivity index (χ0) is 18.4. The summed E-state index contributed by atoms with van der Waals surface area (Å²) >= 11 is 0. The average Bonchev–Trinajstić information content (AvgIpc) is 2.65. The van der Waals surface area contributed by atoms with Crippen molar-refractivity contribution in [2.24, 2.45) is 5.73 Å². The smallest absolute Gasteiger partial charge is 0.251 e. The van der Waals surface area contributed by atoms with Gasteiger partial charge in [-0.2, -0.15) is 0 Å². The van der Waals surface area contributed by atoms with Crippen LogP contribution < -0.4 is 20.5 Å². The quantitative estimate of drug-likeness (QED) is 0.775. The Kier molecular flexibility index (Phi) is 7.93. The van der Waals surface area contributed by atoms with E-state index in [0.717, 1.165) is 11.1 Å². The van der Waals surface area contributed by atoms with Gasteiger partial charge in [-0.15, -0.1) is 12.4 Å². The van der Waals surface area contributed by atoms with Crippen LogP contribution in [0.5, 0.6) is 11.5 Å². The normalized spacial score (nSPS) is 10.7. The summed E-state index contributed by atoms with van der Waals surface area (Å²) in [6.07, 6.45) is 0. The topological polar surface area (TPSA) is 73.6 Å². The van der Waals surface area contributed by atoms with Gasteiger partial charge in [0.25, 0.3) is 5.91 Å². The highest BCUT2D eigenvalue weighted by atomic mass is 35.5. The molecule has 0 radical (unpaired) electrons. The van der Waals surface area contributed by atoms with E-state index in [1.165, 1.54) is 0 Å². The van der Waals surface area contributed by atoms with Crippen molar-refractivity contribution >= 4 is 18.3 Å². The van der Waals surface area contributed by atoms with Crippen molar-refractivity contribution < 1.29 is 14.3 Å². The van der Waals surface area contributed by atoms with Crippen LogP contribution in [0.1, 0.15) is 35.3 Å².